The fraction of sp³-hybridized carbons (Fsp3) is 0.176. The standard InChI is InChI=1S/C17H18ClN5O3.ClH/c1-11(8-21-17(25)12-2-4-13(18)5-3-12)22-15-10-19-14(9-20-15)6-7-16(24)23-26;/h2-7,9-11,26H,8H2,1H3,(H,20,22)(H,21,25)(H,23,24);1H/b7-6+;/t11-;/m1./s1. The Morgan fingerprint density at radius 3 is 2.52 bits per heavy atom. The van der Waals surface area contributed by atoms with Gasteiger partial charge in [-0.25, -0.2) is 10.5 Å². The minimum absolute atomic E-state index is 0. The highest BCUT2D eigenvalue weighted by Gasteiger charge is 2.08. The van der Waals surface area contributed by atoms with Crippen molar-refractivity contribution in [3.63, 3.8) is 0 Å². The van der Waals surface area contributed by atoms with Crippen LogP contribution in [0.1, 0.15) is 23.0 Å². The predicted octanol–water partition coefficient (Wildman–Crippen LogP) is 2.30. The van der Waals surface area contributed by atoms with E-state index >= 15 is 0 Å². The Hall–Kier alpha value is -2.68. The molecule has 0 aliphatic heterocycles. The summed E-state index contributed by atoms with van der Waals surface area (Å²) in [6.45, 7) is 2.28. The van der Waals surface area contributed by atoms with Gasteiger partial charge in [-0.05, 0) is 37.3 Å². The second-order valence-corrected chi connectivity index (χ2v) is 5.83. The lowest BCUT2D eigenvalue weighted by Crippen LogP contribution is -2.34. The molecule has 0 aliphatic carbocycles. The Morgan fingerprint density at radius 1 is 1.22 bits per heavy atom. The average Bonchev–Trinajstić information content (AvgIpc) is 2.65. The third kappa shape index (κ3) is 7.61. The van der Waals surface area contributed by atoms with Gasteiger partial charge in [0.25, 0.3) is 11.8 Å². The molecule has 1 heterocycles. The molecule has 1 aromatic heterocycles. The van der Waals surface area contributed by atoms with Crippen LogP contribution in [0, 0.1) is 0 Å². The molecule has 0 fully saturated rings. The molecule has 1 atom stereocenters. The number of amides is 2. The van der Waals surface area contributed by atoms with Gasteiger partial charge in [-0.15, -0.1) is 12.4 Å². The third-order valence-electron chi connectivity index (χ3n) is 3.26. The predicted molar refractivity (Wildman–Crippen MR) is 105 cm³/mol. The van der Waals surface area contributed by atoms with Gasteiger partial charge in [0, 0.05) is 29.2 Å². The minimum atomic E-state index is -0.654. The Labute approximate surface area is 167 Å². The molecule has 0 unspecified atom stereocenters. The van der Waals surface area contributed by atoms with Crippen molar-refractivity contribution in [3.05, 3.63) is 59.0 Å². The van der Waals surface area contributed by atoms with Gasteiger partial charge >= 0.3 is 0 Å². The monoisotopic (exact) mass is 411 g/mol. The van der Waals surface area contributed by atoms with Gasteiger partial charge in [-0.1, -0.05) is 11.6 Å². The normalized spacial score (nSPS) is 11.4. The van der Waals surface area contributed by atoms with Crippen LogP contribution in [-0.2, 0) is 4.79 Å². The molecule has 0 saturated heterocycles. The van der Waals surface area contributed by atoms with Gasteiger partial charge in [-0.3, -0.25) is 19.8 Å². The first kappa shape index (κ1) is 22.4. The Bertz CT molecular complexity index is 782. The van der Waals surface area contributed by atoms with Crippen molar-refractivity contribution in [1.82, 2.24) is 20.8 Å². The van der Waals surface area contributed by atoms with Crippen LogP contribution >= 0.6 is 24.0 Å². The van der Waals surface area contributed by atoms with E-state index in [2.05, 4.69) is 20.6 Å². The fourth-order valence-electron chi connectivity index (χ4n) is 1.95. The molecule has 144 valence electrons. The summed E-state index contributed by atoms with van der Waals surface area (Å²) in [5.41, 5.74) is 2.48. The maximum Gasteiger partial charge on any atom is 0.267 e. The third-order valence-corrected chi connectivity index (χ3v) is 3.51. The number of aromatic nitrogens is 2. The van der Waals surface area contributed by atoms with Crippen LogP contribution in [0.5, 0.6) is 0 Å². The van der Waals surface area contributed by atoms with Crippen LogP contribution < -0.4 is 16.1 Å². The number of hydrogen-bond acceptors (Lipinski definition) is 6. The van der Waals surface area contributed by atoms with E-state index in [1.165, 1.54) is 23.9 Å². The van der Waals surface area contributed by atoms with E-state index in [0.29, 0.717) is 28.6 Å². The Balaban J connectivity index is 0.00000364. The van der Waals surface area contributed by atoms with Gasteiger partial charge in [-0.2, -0.15) is 0 Å². The summed E-state index contributed by atoms with van der Waals surface area (Å²) in [5, 5.41) is 14.9. The number of anilines is 1. The van der Waals surface area contributed by atoms with Gasteiger partial charge < -0.3 is 10.6 Å². The first-order chi connectivity index (χ1) is 12.5. The highest BCUT2D eigenvalue weighted by molar-refractivity contribution is 6.30. The molecule has 27 heavy (non-hydrogen) atoms. The van der Waals surface area contributed by atoms with Crippen molar-refractivity contribution in [2.24, 2.45) is 0 Å². The summed E-state index contributed by atoms with van der Waals surface area (Å²) in [7, 11) is 0. The lowest BCUT2D eigenvalue weighted by atomic mass is 10.2. The van der Waals surface area contributed by atoms with Crippen molar-refractivity contribution in [3.8, 4) is 0 Å². The molecule has 0 saturated carbocycles. The smallest absolute Gasteiger partial charge is 0.267 e. The molecule has 0 spiro atoms. The van der Waals surface area contributed by atoms with Crippen LogP contribution in [0.25, 0.3) is 6.08 Å². The van der Waals surface area contributed by atoms with E-state index < -0.39 is 5.91 Å². The molecular weight excluding hydrogens is 393 g/mol. The quantitative estimate of drug-likeness (QED) is 0.315. The minimum Gasteiger partial charge on any atom is -0.365 e. The molecular formula is C17H19Cl2N5O3. The first-order valence-electron chi connectivity index (χ1n) is 7.72. The number of rotatable bonds is 7. The van der Waals surface area contributed by atoms with Gasteiger partial charge in [0.15, 0.2) is 0 Å². The highest BCUT2D eigenvalue weighted by atomic mass is 35.5. The summed E-state index contributed by atoms with van der Waals surface area (Å²) in [4.78, 5) is 31.2. The molecule has 10 heteroatoms. The van der Waals surface area contributed by atoms with Crippen molar-refractivity contribution in [1.29, 1.82) is 0 Å². The zero-order valence-electron chi connectivity index (χ0n) is 14.3. The molecule has 4 N–H and O–H groups in total. The number of hydroxylamine groups is 1. The SMILES string of the molecule is C[C@H](CNC(=O)c1ccc(Cl)cc1)Nc1cnc(/C=C/C(=O)NO)cn1.Cl. The lowest BCUT2D eigenvalue weighted by Gasteiger charge is -2.15. The largest absolute Gasteiger partial charge is 0.365 e. The summed E-state index contributed by atoms with van der Waals surface area (Å²) >= 11 is 5.80. The van der Waals surface area contributed by atoms with Crippen LogP contribution in [0.3, 0.4) is 0 Å². The van der Waals surface area contributed by atoms with E-state index in [4.69, 9.17) is 16.8 Å². The summed E-state index contributed by atoms with van der Waals surface area (Å²) < 4.78 is 0. The summed E-state index contributed by atoms with van der Waals surface area (Å²) in [6.07, 6.45) is 5.53. The van der Waals surface area contributed by atoms with Crippen LogP contribution in [0.15, 0.2) is 42.7 Å². The number of halogens is 2. The number of nitrogens with zero attached hydrogens (tertiary/aromatic N) is 2. The molecule has 0 radical (unpaired) electrons. The zero-order chi connectivity index (χ0) is 18.9. The number of nitrogens with one attached hydrogen (secondary N) is 3. The number of benzene rings is 1. The van der Waals surface area contributed by atoms with E-state index in [1.807, 2.05) is 6.92 Å². The first-order valence-corrected chi connectivity index (χ1v) is 8.10. The fourth-order valence-corrected chi connectivity index (χ4v) is 2.08. The molecule has 2 rings (SSSR count). The lowest BCUT2D eigenvalue weighted by molar-refractivity contribution is -0.124. The van der Waals surface area contributed by atoms with E-state index in [9.17, 15) is 9.59 Å². The van der Waals surface area contributed by atoms with Gasteiger partial charge in [0.1, 0.15) is 5.82 Å². The van der Waals surface area contributed by atoms with Crippen LogP contribution in [0.2, 0.25) is 5.02 Å². The molecule has 1 aromatic carbocycles. The molecule has 8 nitrogen and oxygen atoms in total. The maximum absolute atomic E-state index is 12.0. The van der Waals surface area contributed by atoms with Gasteiger partial charge in [0.05, 0.1) is 18.1 Å². The van der Waals surface area contributed by atoms with Crippen molar-refractivity contribution < 1.29 is 14.8 Å². The van der Waals surface area contributed by atoms with Gasteiger partial charge in [0.2, 0.25) is 0 Å². The second kappa shape index (κ2) is 11.1. The van der Waals surface area contributed by atoms with E-state index in [-0.39, 0.29) is 24.4 Å². The molecule has 2 amide bonds. The summed E-state index contributed by atoms with van der Waals surface area (Å²) in [5.74, 6) is -0.315. The van der Waals surface area contributed by atoms with Crippen molar-refractivity contribution in [2.45, 2.75) is 13.0 Å². The number of hydrogen-bond donors (Lipinski definition) is 4. The zero-order valence-corrected chi connectivity index (χ0v) is 15.9. The highest BCUT2D eigenvalue weighted by Crippen LogP contribution is 2.09. The Kier molecular flexibility index (Phi) is 9.21. The second-order valence-electron chi connectivity index (χ2n) is 5.40. The molecule has 0 bridgehead atoms. The van der Waals surface area contributed by atoms with E-state index in [0.717, 1.165) is 6.08 Å². The summed E-state index contributed by atoms with van der Waals surface area (Å²) in [6, 6.07) is 6.55. The topological polar surface area (TPSA) is 116 Å². The number of carbonyl (C=O) groups excluding carboxylic acids is 2. The maximum atomic E-state index is 12.0. The molecule has 0 aliphatic rings. The Morgan fingerprint density at radius 2 is 1.93 bits per heavy atom. The van der Waals surface area contributed by atoms with E-state index in [1.54, 1.807) is 24.3 Å². The van der Waals surface area contributed by atoms with Crippen molar-refractivity contribution >= 4 is 47.7 Å². The van der Waals surface area contributed by atoms with Crippen LogP contribution in [0.4, 0.5) is 5.82 Å². The molecule has 2 aromatic rings. The van der Waals surface area contributed by atoms with Crippen molar-refractivity contribution in [2.75, 3.05) is 11.9 Å². The average molecular weight is 412 g/mol. The van der Waals surface area contributed by atoms with Crippen LogP contribution in [-0.4, -0.2) is 39.6 Å². The number of carbonyl (C=O) groups is 2.